The van der Waals surface area contributed by atoms with Gasteiger partial charge in [0.1, 0.15) is 17.5 Å². The molecule has 36 heavy (non-hydrogen) atoms. The number of aryl methyl sites for hydroxylation is 1. The number of hydrogen-bond acceptors (Lipinski definition) is 5. The molecule has 2 aromatic rings. The molecule has 0 radical (unpaired) electrons. The number of carbonyl (C=O) groups is 1. The van der Waals surface area contributed by atoms with E-state index in [1.807, 2.05) is 6.07 Å². The minimum absolute atomic E-state index is 0.0149. The average molecular weight is 508 g/mol. The van der Waals surface area contributed by atoms with Gasteiger partial charge in [-0.2, -0.15) is 0 Å². The first kappa shape index (κ1) is 28.2. The Morgan fingerprint density at radius 2 is 1.97 bits per heavy atom. The quantitative estimate of drug-likeness (QED) is 0.408. The molecule has 1 aliphatic heterocycles. The van der Waals surface area contributed by atoms with Crippen molar-refractivity contribution < 1.29 is 32.5 Å². The number of β-amino-alcohol motifs (C(OH)–C–C–N with tert-alkyl or cyclic N) is 1. The van der Waals surface area contributed by atoms with Crippen LogP contribution in [-0.4, -0.2) is 54.4 Å². The van der Waals surface area contributed by atoms with Gasteiger partial charge in [0.05, 0.1) is 25.4 Å². The topological polar surface area (TPSA) is 59.0 Å². The zero-order valence-corrected chi connectivity index (χ0v) is 21.2. The Morgan fingerprint density at radius 3 is 2.69 bits per heavy atom. The van der Waals surface area contributed by atoms with Gasteiger partial charge in [-0.3, -0.25) is 9.69 Å². The second-order valence-electron chi connectivity index (χ2n) is 9.47. The number of carbonyl (C=O) groups excluding carboxylic acids is 1. The molecule has 0 unspecified atom stereocenters. The van der Waals surface area contributed by atoms with Crippen LogP contribution in [0.4, 0.5) is 13.2 Å². The van der Waals surface area contributed by atoms with Gasteiger partial charge in [-0.15, -0.1) is 0 Å². The van der Waals surface area contributed by atoms with Crippen LogP contribution in [-0.2, 0) is 27.1 Å². The summed E-state index contributed by atoms with van der Waals surface area (Å²) in [5.74, 6) is -2.14. The number of likely N-dealkylation sites (tertiary alicyclic amines) is 1. The van der Waals surface area contributed by atoms with Crippen LogP contribution in [0, 0.1) is 24.4 Å². The summed E-state index contributed by atoms with van der Waals surface area (Å²) in [6, 6.07) is 7.49. The van der Waals surface area contributed by atoms with Crippen molar-refractivity contribution in [2.75, 3.05) is 26.3 Å². The molecule has 2 aromatic carbocycles. The van der Waals surface area contributed by atoms with Gasteiger partial charge in [0.15, 0.2) is 0 Å². The third-order valence-corrected chi connectivity index (χ3v) is 6.71. The monoisotopic (exact) mass is 507 g/mol. The molecular formula is C28H36F3NO4. The van der Waals surface area contributed by atoms with Crippen molar-refractivity contribution in [3.8, 4) is 0 Å². The lowest BCUT2D eigenvalue weighted by Gasteiger charge is -2.28. The lowest BCUT2D eigenvalue weighted by Crippen LogP contribution is -2.39. The van der Waals surface area contributed by atoms with Crippen LogP contribution in [0.1, 0.15) is 61.5 Å². The lowest BCUT2D eigenvalue weighted by molar-refractivity contribution is -0.143. The van der Waals surface area contributed by atoms with Crippen molar-refractivity contribution in [2.24, 2.45) is 0 Å². The van der Waals surface area contributed by atoms with Crippen LogP contribution in [0.25, 0.3) is 0 Å². The fourth-order valence-electron chi connectivity index (χ4n) is 4.78. The molecule has 1 N–H and O–H groups in total. The first-order valence-corrected chi connectivity index (χ1v) is 12.6. The van der Waals surface area contributed by atoms with E-state index >= 15 is 0 Å². The van der Waals surface area contributed by atoms with Crippen LogP contribution in [0.5, 0.6) is 0 Å². The Morgan fingerprint density at radius 1 is 1.19 bits per heavy atom. The van der Waals surface area contributed by atoms with Crippen molar-refractivity contribution in [1.82, 2.24) is 4.90 Å². The Balaban J connectivity index is 1.57. The number of rotatable bonds is 12. The molecule has 3 rings (SSSR count). The van der Waals surface area contributed by atoms with Gasteiger partial charge >= 0.3 is 5.97 Å². The molecule has 0 amide bonds. The highest BCUT2D eigenvalue weighted by Crippen LogP contribution is 2.27. The molecule has 3 atom stereocenters. The number of esters is 1. The predicted octanol–water partition coefficient (Wildman–Crippen LogP) is 5.05. The van der Waals surface area contributed by atoms with E-state index in [1.165, 1.54) is 6.07 Å². The van der Waals surface area contributed by atoms with E-state index < -0.39 is 29.8 Å². The number of nitrogens with zero attached hydrogens (tertiary/aromatic N) is 1. The van der Waals surface area contributed by atoms with Gasteiger partial charge in [-0.1, -0.05) is 12.1 Å². The molecule has 0 aromatic heterocycles. The summed E-state index contributed by atoms with van der Waals surface area (Å²) in [6.45, 7) is 6.53. The van der Waals surface area contributed by atoms with E-state index in [2.05, 4.69) is 4.90 Å². The Kier molecular flexibility index (Phi) is 10.3. The minimum atomic E-state index is -0.802. The highest BCUT2D eigenvalue weighted by atomic mass is 19.1. The van der Waals surface area contributed by atoms with Gasteiger partial charge < -0.3 is 14.6 Å². The first-order chi connectivity index (χ1) is 17.2. The Hall–Kier alpha value is -2.42. The predicted molar refractivity (Wildman–Crippen MR) is 131 cm³/mol. The van der Waals surface area contributed by atoms with Crippen molar-refractivity contribution in [3.63, 3.8) is 0 Å². The molecule has 0 saturated carbocycles. The van der Waals surface area contributed by atoms with Gasteiger partial charge in [0.2, 0.25) is 0 Å². The summed E-state index contributed by atoms with van der Waals surface area (Å²) in [4.78, 5) is 13.9. The maximum atomic E-state index is 14.5. The maximum absolute atomic E-state index is 14.5. The SMILES string of the molecule is CCOC(=O)CCc1c(F)cc(F)cc1[C@@H](C)OC[C@H](O)CN1CCC[C@H]1Cc1ccc(C)c(F)c1. The molecular weight excluding hydrogens is 471 g/mol. The van der Waals surface area contributed by atoms with E-state index in [9.17, 15) is 23.1 Å². The zero-order valence-electron chi connectivity index (χ0n) is 21.2. The van der Waals surface area contributed by atoms with Crippen LogP contribution >= 0.6 is 0 Å². The molecule has 1 fully saturated rings. The summed E-state index contributed by atoms with van der Waals surface area (Å²) in [6.07, 6.45) is 1.21. The fraction of sp³-hybridized carbons (Fsp3) is 0.536. The normalized spacial score (nSPS) is 17.8. The van der Waals surface area contributed by atoms with Crippen LogP contribution in [0.2, 0.25) is 0 Å². The van der Waals surface area contributed by atoms with Crippen molar-refractivity contribution in [1.29, 1.82) is 0 Å². The summed E-state index contributed by atoms with van der Waals surface area (Å²) in [7, 11) is 0. The molecule has 1 aliphatic rings. The van der Waals surface area contributed by atoms with E-state index in [1.54, 1.807) is 32.9 Å². The molecule has 1 saturated heterocycles. The third kappa shape index (κ3) is 7.79. The Labute approximate surface area is 211 Å². The molecule has 0 spiro atoms. The number of hydrogen-bond donors (Lipinski definition) is 1. The highest BCUT2D eigenvalue weighted by Gasteiger charge is 2.27. The smallest absolute Gasteiger partial charge is 0.306 e. The summed E-state index contributed by atoms with van der Waals surface area (Å²) in [5.41, 5.74) is 2.06. The van der Waals surface area contributed by atoms with Crippen LogP contribution in [0.3, 0.4) is 0 Å². The van der Waals surface area contributed by atoms with Crippen LogP contribution in [0.15, 0.2) is 30.3 Å². The van der Waals surface area contributed by atoms with Crippen molar-refractivity contribution in [3.05, 3.63) is 70.0 Å². The Bertz CT molecular complexity index is 1030. The van der Waals surface area contributed by atoms with Gasteiger partial charge in [-0.05, 0) is 87.4 Å². The third-order valence-electron chi connectivity index (χ3n) is 6.71. The molecule has 0 aliphatic carbocycles. The molecule has 0 bridgehead atoms. The molecule has 5 nitrogen and oxygen atoms in total. The minimum Gasteiger partial charge on any atom is -0.466 e. The number of halogens is 3. The number of aliphatic hydroxyl groups excluding tert-OH is 1. The standard InChI is InChI=1S/C28H36F3NO4/c1-4-35-28(34)10-9-24-25(14-21(29)15-27(24)31)19(3)36-17-23(33)16-32-11-5-6-22(32)12-20-8-7-18(2)26(30)13-20/h7-8,13-15,19,22-23,33H,4-6,9-12,16-17H2,1-3H3/t19-,22+,23-/m1/s1. The summed E-state index contributed by atoms with van der Waals surface area (Å²) < 4.78 is 53.1. The van der Waals surface area contributed by atoms with Gasteiger partial charge in [0.25, 0.3) is 0 Å². The second-order valence-corrected chi connectivity index (χ2v) is 9.47. The first-order valence-electron chi connectivity index (χ1n) is 12.6. The van der Waals surface area contributed by atoms with E-state index in [0.717, 1.165) is 31.0 Å². The zero-order chi connectivity index (χ0) is 26.2. The highest BCUT2D eigenvalue weighted by molar-refractivity contribution is 5.69. The number of benzene rings is 2. The van der Waals surface area contributed by atoms with E-state index in [-0.39, 0.29) is 43.5 Å². The van der Waals surface area contributed by atoms with Crippen molar-refractivity contribution in [2.45, 2.75) is 71.1 Å². The second kappa shape index (κ2) is 13.2. The number of aliphatic hydroxyl groups is 1. The number of ether oxygens (including phenoxy) is 2. The largest absolute Gasteiger partial charge is 0.466 e. The molecule has 8 heteroatoms. The molecule has 198 valence electrons. The fourth-order valence-corrected chi connectivity index (χ4v) is 4.78. The lowest BCUT2D eigenvalue weighted by atomic mass is 9.98. The van der Waals surface area contributed by atoms with Gasteiger partial charge in [-0.25, -0.2) is 13.2 Å². The average Bonchev–Trinajstić information content (AvgIpc) is 3.25. The van der Waals surface area contributed by atoms with E-state index in [4.69, 9.17) is 9.47 Å². The summed E-state index contributed by atoms with van der Waals surface area (Å²) in [5, 5.41) is 10.6. The van der Waals surface area contributed by atoms with E-state index in [0.29, 0.717) is 24.1 Å². The maximum Gasteiger partial charge on any atom is 0.306 e. The van der Waals surface area contributed by atoms with Crippen molar-refractivity contribution >= 4 is 5.97 Å². The molecule has 1 heterocycles. The summed E-state index contributed by atoms with van der Waals surface area (Å²) >= 11 is 0. The van der Waals surface area contributed by atoms with Crippen LogP contribution < -0.4 is 0 Å². The van der Waals surface area contributed by atoms with Gasteiger partial charge in [0, 0.05) is 25.1 Å².